The van der Waals surface area contributed by atoms with Crippen LogP contribution in [0.5, 0.6) is 5.75 Å². The molecule has 0 aliphatic rings. The summed E-state index contributed by atoms with van der Waals surface area (Å²) in [5, 5.41) is 0. The highest BCUT2D eigenvalue weighted by molar-refractivity contribution is 5.73. The summed E-state index contributed by atoms with van der Waals surface area (Å²) in [6.07, 6.45) is 1.19. The van der Waals surface area contributed by atoms with Gasteiger partial charge in [0.05, 0.1) is 20.1 Å². The smallest absolute Gasteiger partial charge is 0.310 e. The molecule has 0 aromatic heterocycles. The molecule has 0 aliphatic carbocycles. The summed E-state index contributed by atoms with van der Waals surface area (Å²) in [6.45, 7) is 9.16. The van der Waals surface area contributed by atoms with Gasteiger partial charge in [-0.15, -0.1) is 0 Å². The van der Waals surface area contributed by atoms with Crippen LogP contribution < -0.4 is 4.74 Å². The number of methoxy groups -OCH3 is 1. The normalized spacial score (nSPS) is 11.2. The van der Waals surface area contributed by atoms with Gasteiger partial charge < -0.3 is 9.47 Å². The molecule has 0 atom stereocenters. The van der Waals surface area contributed by atoms with Crippen molar-refractivity contribution in [1.82, 2.24) is 0 Å². The maximum Gasteiger partial charge on any atom is 0.310 e. The topological polar surface area (TPSA) is 35.5 Å². The van der Waals surface area contributed by atoms with Gasteiger partial charge in [0.25, 0.3) is 0 Å². The van der Waals surface area contributed by atoms with E-state index in [9.17, 15) is 4.79 Å². The van der Waals surface area contributed by atoms with Crippen LogP contribution >= 0.6 is 0 Å². The molecule has 0 radical (unpaired) electrons. The maximum absolute atomic E-state index is 11.5. The van der Waals surface area contributed by atoms with E-state index in [-0.39, 0.29) is 17.8 Å². The third kappa shape index (κ3) is 4.58. The van der Waals surface area contributed by atoms with Crippen LogP contribution in [-0.4, -0.2) is 19.7 Å². The van der Waals surface area contributed by atoms with E-state index in [1.165, 1.54) is 12.7 Å². The number of carbonyl (C=O) groups excluding carboxylic acids is 1. The van der Waals surface area contributed by atoms with E-state index in [0.717, 1.165) is 17.7 Å². The summed E-state index contributed by atoms with van der Waals surface area (Å²) in [5.74, 6) is 0.535. The van der Waals surface area contributed by atoms with Gasteiger partial charge >= 0.3 is 5.97 Å². The molecule has 0 unspecified atom stereocenters. The lowest BCUT2D eigenvalue weighted by atomic mass is 9.85. The fourth-order valence-electron chi connectivity index (χ4n) is 1.76. The third-order valence-electron chi connectivity index (χ3n) is 2.95. The Kier molecular flexibility index (Phi) is 5.40. The molecule has 1 aromatic rings. The SMILES string of the molecule is CCCOc1ccc(C(C)(C)C)cc1CC(=O)OC. The zero-order chi connectivity index (χ0) is 14.5. The average molecular weight is 264 g/mol. The third-order valence-corrected chi connectivity index (χ3v) is 2.95. The van der Waals surface area contributed by atoms with Crippen molar-refractivity contribution in [2.75, 3.05) is 13.7 Å². The monoisotopic (exact) mass is 264 g/mol. The van der Waals surface area contributed by atoms with Crippen molar-refractivity contribution >= 4 is 5.97 Å². The number of benzene rings is 1. The number of hydrogen-bond acceptors (Lipinski definition) is 3. The van der Waals surface area contributed by atoms with Gasteiger partial charge in [-0.25, -0.2) is 0 Å². The van der Waals surface area contributed by atoms with Crippen molar-refractivity contribution in [2.24, 2.45) is 0 Å². The van der Waals surface area contributed by atoms with E-state index in [1.807, 2.05) is 12.1 Å². The van der Waals surface area contributed by atoms with Crippen LogP contribution in [0.15, 0.2) is 18.2 Å². The number of rotatable bonds is 5. The quantitative estimate of drug-likeness (QED) is 0.764. The summed E-state index contributed by atoms with van der Waals surface area (Å²) in [7, 11) is 1.41. The van der Waals surface area contributed by atoms with Crippen LogP contribution in [-0.2, 0) is 21.4 Å². The van der Waals surface area contributed by atoms with Gasteiger partial charge in [0, 0.05) is 5.56 Å². The Balaban J connectivity index is 3.07. The van der Waals surface area contributed by atoms with Crippen molar-refractivity contribution < 1.29 is 14.3 Å². The lowest BCUT2D eigenvalue weighted by molar-refractivity contribution is -0.139. The van der Waals surface area contributed by atoms with E-state index in [4.69, 9.17) is 9.47 Å². The molecule has 0 aliphatic heterocycles. The van der Waals surface area contributed by atoms with Crippen molar-refractivity contribution in [1.29, 1.82) is 0 Å². The predicted octanol–water partition coefficient (Wildman–Crippen LogP) is 3.49. The Hall–Kier alpha value is -1.51. The summed E-state index contributed by atoms with van der Waals surface area (Å²) < 4.78 is 10.4. The highest BCUT2D eigenvalue weighted by atomic mass is 16.5. The standard InChI is InChI=1S/C16H24O3/c1-6-9-19-14-8-7-13(16(2,3)4)10-12(14)11-15(17)18-5/h7-8,10H,6,9,11H2,1-5H3. The van der Waals surface area contributed by atoms with Gasteiger partial charge in [0.2, 0.25) is 0 Å². The van der Waals surface area contributed by atoms with Crippen LogP contribution in [0.4, 0.5) is 0 Å². The molecule has 0 amide bonds. The summed E-state index contributed by atoms with van der Waals surface area (Å²) >= 11 is 0. The zero-order valence-electron chi connectivity index (χ0n) is 12.6. The van der Waals surface area contributed by atoms with Crippen LogP contribution in [0.2, 0.25) is 0 Å². The molecule has 3 heteroatoms. The summed E-state index contributed by atoms with van der Waals surface area (Å²) in [6, 6.07) is 6.06. The minimum Gasteiger partial charge on any atom is -0.493 e. The molecular formula is C16H24O3. The van der Waals surface area contributed by atoms with Crippen LogP contribution in [0.1, 0.15) is 45.2 Å². The summed E-state index contributed by atoms with van der Waals surface area (Å²) in [5.41, 5.74) is 2.14. The molecular weight excluding hydrogens is 240 g/mol. The first-order chi connectivity index (χ1) is 8.88. The number of carbonyl (C=O) groups is 1. The van der Waals surface area contributed by atoms with Crippen LogP contribution in [0.25, 0.3) is 0 Å². The van der Waals surface area contributed by atoms with E-state index in [1.54, 1.807) is 0 Å². The predicted molar refractivity (Wildman–Crippen MR) is 76.6 cm³/mol. The minimum atomic E-state index is -0.243. The second-order valence-electron chi connectivity index (χ2n) is 5.67. The first-order valence-corrected chi connectivity index (χ1v) is 6.71. The molecule has 0 spiro atoms. The van der Waals surface area contributed by atoms with Gasteiger partial charge in [0.1, 0.15) is 5.75 Å². The van der Waals surface area contributed by atoms with Gasteiger partial charge in [-0.2, -0.15) is 0 Å². The Morgan fingerprint density at radius 2 is 1.95 bits per heavy atom. The first-order valence-electron chi connectivity index (χ1n) is 6.71. The molecule has 0 bridgehead atoms. The van der Waals surface area contributed by atoms with E-state index in [0.29, 0.717) is 6.61 Å². The Bertz CT molecular complexity index is 430. The molecule has 0 saturated carbocycles. The zero-order valence-corrected chi connectivity index (χ0v) is 12.6. The highest BCUT2D eigenvalue weighted by Crippen LogP contribution is 2.28. The fourth-order valence-corrected chi connectivity index (χ4v) is 1.76. The Morgan fingerprint density at radius 3 is 2.47 bits per heavy atom. The van der Waals surface area contributed by atoms with E-state index >= 15 is 0 Å². The highest BCUT2D eigenvalue weighted by Gasteiger charge is 2.17. The first kappa shape index (κ1) is 15.5. The van der Waals surface area contributed by atoms with Gasteiger partial charge in [-0.3, -0.25) is 4.79 Å². The molecule has 0 N–H and O–H groups in total. The number of hydrogen-bond donors (Lipinski definition) is 0. The Morgan fingerprint density at radius 1 is 1.26 bits per heavy atom. The van der Waals surface area contributed by atoms with Crippen molar-refractivity contribution in [3.05, 3.63) is 29.3 Å². The molecule has 1 aromatic carbocycles. The molecule has 1 rings (SSSR count). The lowest BCUT2D eigenvalue weighted by Gasteiger charge is -2.21. The van der Waals surface area contributed by atoms with Crippen molar-refractivity contribution in [3.63, 3.8) is 0 Å². The fraction of sp³-hybridized carbons (Fsp3) is 0.562. The van der Waals surface area contributed by atoms with Gasteiger partial charge in [-0.05, 0) is 23.5 Å². The number of ether oxygens (including phenoxy) is 2. The van der Waals surface area contributed by atoms with Crippen molar-refractivity contribution in [2.45, 2.75) is 46.0 Å². The minimum absolute atomic E-state index is 0.0498. The molecule has 0 fully saturated rings. The second kappa shape index (κ2) is 6.60. The largest absolute Gasteiger partial charge is 0.493 e. The Labute approximate surface area is 115 Å². The molecule has 3 nitrogen and oxygen atoms in total. The molecule has 0 saturated heterocycles. The molecule has 19 heavy (non-hydrogen) atoms. The van der Waals surface area contributed by atoms with Crippen LogP contribution in [0, 0.1) is 0 Å². The van der Waals surface area contributed by atoms with Gasteiger partial charge in [0.15, 0.2) is 0 Å². The van der Waals surface area contributed by atoms with E-state index < -0.39 is 0 Å². The molecule has 106 valence electrons. The second-order valence-corrected chi connectivity index (χ2v) is 5.67. The lowest BCUT2D eigenvalue weighted by Crippen LogP contribution is -2.13. The average Bonchev–Trinajstić information content (AvgIpc) is 2.35. The molecule has 0 heterocycles. The maximum atomic E-state index is 11.5. The van der Waals surface area contributed by atoms with Crippen LogP contribution in [0.3, 0.4) is 0 Å². The number of esters is 1. The van der Waals surface area contributed by atoms with Gasteiger partial charge in [-0.1, -0.05) is 39.8 Å². The van der Waals surface area contributed by atoms with E-state index in [2.05, 4.69) is 33.8 Å². The summed E-state index contributed by atoms with van der Waals surface area (Å²) in [4.78, 5) is 11.5. The van der Waals surface area contributed by atoms with Crippen molar-refractivity contribution in [3.8, 4) is 5.75 Å².